The Balaban J connectivity index is 2.08. The van der Waals surface area contributed by atoms with Crippen LogP contribution in [0.25, 0.3) is 0 Å². The van der Waals surface area contributed by atoms with E-state index in [1.54, 1.807) is 0 Å². The molecule has 0 radical (unpaired) electrons. The number of carbonyl (C=O) groups excluding carboxylic acids is 1. The number of amides is 1. The Hall–Kier alpha value is -1.13. The molecule has 0 N–H and O–H groups in total. The first-order chi connectivity index (χ1) is 10.1. The van der Waals surface area contributed by atoms with Crippen LogP contribution in [0.1, 0.15) is 22.8 Å². The number of hydrogen-bond donors (Lipinski definition) is 0. The number of hydrogen-bond acceptors (Lipinski definition) is 1. The van der Waals surface area contributed by atoms with Gasteiger partial charge < -0.3 is 4.90 Å². The van der Waals surface area contributed by atoms with E-state index < -0.39 is 0 Å². The van der Waals surface area contributed by atoms with Gasteiger partial charge in [-0.3, -0.25) is 4.79 Å². The van der Waals surface area contributed by atoms with Crippen LogP contribution in [0.2, 0.25) is 0 Å². The zero-order valence-corrected chi connectivity index (χ0v) is 15.0. The fourth-order valence-corrected chi connectivity index (χ4v) is 3.47. The molecule has 2 aromatic rings. The summed E-state index contributed by atoms with van der Waals surface area (Å²) < 4.78 is 1.80. The average Bonchev–Trinajstić information content (AvgIpc) is 2.47. The Labute approximate surface area is 142 Å². The molecule has 21 heavy (non-hydrogen) atoms. The van der Waals surface area contributed by atoms with Crippen LogP contribution in [-0.4, -0.2) is 23.9 Å². The number of rotatable bonds is 5. The lowest BCUT2D eigenvalue weighted by atomic mass is 10.1. The monoisotopic (exact) mass is 409 g/mol. The van der Waals surface area contributed by atoms with Gasteiger partial charge in [-0.2, -0.15) is 0 Å². The molecular weight excluding hydrogens is 394 g/mol. The summed E-state index contributed by atoms with van der Waals surface area (Å²) in [6.45, 7) is 3.44. The third-order valence-corrected chi connectivity index (χ3v) is 4.21. The maximum atomic E-state index is 12.6. The molecule has 0 aliphatic heterocycles. The normalized spacial score (nSPS) is 10.4. The second-order valence-corrected chi connectivity index (χ2v) is 6.61. The summed E-state index contributed by atoms with van der Waals surface area (Å²) in [7, 11) is 0. The fourth-order valence-electron chi connectivity index (χ4n) is 2.17. The van der Waals surface area contributed by atoms with Crippen LogP contribution >= 0.6 is 31.9 Å². The Morgan fingerprint density at radius 3 is 2.24 bits per heavy atom. The van der Waals surface area contributed by atoms with Crippen molar-refractivity contribution in [2.45, 2.75) is 13.3 Å². The highest BCUT2D eigenvalue weighted by Gasteiger charge is 2.15. The lowest BCUT2D eigenvalue weighted by molar-refractivity contribution is 0.0766. The van der Waals surface area contributed by atoms with E-state index in [-0.39, 0.29) is 5.91 Å². The van der Waals surface area contributed by atoms with Crippen LogP contribution in [-0.2, 0) is 6.42 Å². The van der Waals surface area contributed by atoms with E-state index in [0.717, 1.165) is 21.9 Å². The van der Waals surface area contributed by atoms with E-state index in [1.165, 1.54) is 5.56 Å². The van der Waals surface area contributed by atoms with Crippen LogP contribution in [0, 0.1) is 0 Å². The van der Waals surface area contributed by atoms with Crippen molar-refractivity contribution < 1.29 is 4.79 Å². The number of carbonyl (C=O) groups is 1. The topological polar surface area (TPSA) is 20.3 Å². The SMILES string of the molecule is CCN(CCc1ccccc1)C(=O)c1cc(Br)cc(Br)c1. The minimum absolute atomic E-state index is 0.0652. The average molecular weight is 411 g/mol. The zero-order chi connectivity index (χ0) is 15.2. The fraction of sp³-hybridized carbons (Fsp3) is 0.235. The molecule has 110 valence electrons. The molecule has 0 bridgehead atoms. The number of benzene rings is 2. The molecule has 0 aliphatic carbocycles. The molecule has 0 aromatic heterocycles. The van der Waals surface area contributed by atoms with Crippen molar-refractivity contribution in [2.75, 3.05) is 13.1 Å². The minimum atomic E-state index is 0.0652. The van der Waals surface area contributed by atoms with Crippen molar-refractivity contribution in [2.24, 2.45) is 0 Å². The Morgan fingerprint density at radius 1 is 1.05 bits per heavy atom. The van der Waals surface area contributed by atoms with Crippen molar-refractivity contribution >= 4 is 37.8 Å². The van der Waals surface area contributed by atoms with Gasteiger partial charge in [0.25, 0.3) is 5.91 Å². The largest absolute Gasteiger partial charge is 0.339 e. The van der Waals surface area contributed by atoms with Crippen molar-refractivity contribution in [3.05, 3.63) is 68.6 Å². The smallest absolute Gasteiger partial charge is 0.253 e. The van der Waals surface area contributed by atoms with Gasteiger partial charge in [0.05, 0.1) is 0 Å². The molecule has 0 saturated carbocycles. The maximum Gasteiger partial charge on any atom is 0.253 e. The van der Waals surface area contributed by atoms with E-state index in [1.807, 2.05) is 48.2 Å². The second kappa shape index (κ2) is 7.76. The van der Waals surface area contributed by atoms with Crippen LogP contribution in [0.3, 0.4) is 0 Å². The first-order valence-electron chi connectivity index (χ1n) is 6.89. The van der Waals surface area contributed by atoms with Gasteiger partial charge in [0.1, 0.15) is 0 Å². The van der Waals surface area contributed by atoms with Gasteiger partial charge in [0.2, 0.25) is 0 Å². The molecule has 0 heterocycles. The van der Waals surface area contributed by atoms with E-state index in [4.69, 9.17) is 0 Å². The summed E-state index contributed by atoms with van der Waals surface area (Å²) in [5.41, 5.74) is 1.95. The molecular formula is C17H17Br2NO. The van der Waals surface area contributed by atoms with Crippen molar-refractivity contribution in [1.82, 2.24) is 4.90 Å². The summed E-state index contributed by atoms with van der Waals surface area (Å²) >= 11 is 6.85. The van der Waals surface area contributed by atoms with E-state index >= 15 is 0 Å². The molecule has 4 heteroatoms. The van der Waals surface area contributed by atoms with Crippen LogP contribution in [0.5, 0.6) is 0 Å². The minimum Gasteiger partial charge on any atom is -0.339 e. The number of likely N-dealkylation sites (N-methyl/N-ethyl adjacent to an activating group) is 1. The van der Waals surface area contributed by atoms with E-state index in [2.05, 4.69) is 44.0 Å². The maximum absolute atomic E-state index is 12.6. The summed E-state index contributed by atoms with van der Waals surface area (Å²) in [6.07, 6.45) is 0.871. The molecule has 0 aliphatic rings. The highest BCUT2D eigenvalue weighted by molar-refractivity contribution is 9.11. The standard InChI is InChI=1S/C17H17Br2NO/c1-2-20(9-8-13-6-4-3-5-7-13)17(21)14-10-15(18)12-16(19)11-14/h3-7,10-12H,2,8-9H2,1H3. The summed E-state index contributed by atoms with van der Waals surface area (Å²) in [5, 5.41) is 0. The lowest BCUT2D eigenvalue weighted by Crippen LogP contribution is -2.32. The number of halogens is 2. The molecule has 1 amide bonds. The molecule has 0 saturated heterocycles. The summed E-state index contributed by atoms with van der Waals surface area (Å²) in [4.78, 5) is 14.5. The van der Waals surface area contributed by atoms with Gasteiger partial charge >= 0.3 is 0 Å². The van der Waals surface area contributed by atoms with Gasteiger partial charge in [0, 0.05) is 27.6 Å². The van der Waals surface area contributed by atoms with E-state index in [0.29, 0.717) is 12.1 Å². The first-order valence-corrected chi connectivity index (χ1v) is 8.48. The zero-order valence-electron chi connectivity index (χ0n) is 11.9. The molecule has 2 aromatic carbocycles. The van der Waals surface area contributed by atoms with Gasteiger partial charge in [-0.05, 0) is 37.1 Å². The summed E-state index contributed by atoms with van der Waals surface area (Å²) in [6, 6.07) is 15.9. The Bertz CT molecular complexity index is 593. The van der Waals surface area contributed by atoms with Crippen molar-refractivity contribution in [3.63, 3.8) is 0 Å². The van der Waals surface area contributed by atoms with Gasteiger partial charge in [0.15, 0.2) is 0 Å². The lowest BCUT2D eigenvalue weighted by Gasteiger charge is -2.21. The van der Waals surface area contributed by atoms with Crippen molar-refractivity contribution in [1.29, 1.82) is 0 Å². The molecule has 0 fully saturated rings. The molecule has 0 atom stereocenters. The van der Waals surface area contributed by atoms with Crippen LogP contribution in [0.4, 0.5) is 0 Å². The highest BCUT2D eigenvalue weighted by atomic mass is 79.9. The van der Waals surface area contributed by atoms with Crippen LogP contribution < -0.4 is 0 Å². The summed E-state index contributed by atoms with van der Waals surface area (Å²) in [5.74, 6) is 0.0652. The number of nitrogens with zero attached hydrogens (tertiary/aromatic N) is 1. The second-order valence-electron chi connectivity index (χ2n) is 4.78. The third-order valence-electron chi connectivity index (χ3n) is 3.29. The third kappa shape index (κ3) is 4.68. The Morgan fingerprint density at radius 2 is 1.67 bits per heavy atom. The molecule has 0 unspecified atom stereocenters. The van der Waals surface area contributed by atoms with Gasteiger partial charge in [-0.15, -0.1) is 0 Å². The van der Waals surface area contributed by atoms with Gasteiger partial charge in [-0.1, -0.05) is 62.2 Å². The molecule has 2 rings (SSSR count). The van der Waals surface area contributed by atoms with Crippen molar-refractivity contribution in [3.8, 4) is 0 Å². The quantitative estimate of drug-likeness (QED) is 0.685. The molecule has 0 spiro atoms. The van der Waals surface area contributed by atoms with Gasteiger partial charge in [-0.25, -0.2) is 0 Å². The first kappa shape index (κ1) is 16.2. The molecule has 2 nitrogen and oxygen atoms in total. The predicted molar refractivity (Wildman–Crippen MR) is 93.6 cm³/mol. The van der Waals surface area contributed by atoms with E-state index in [9.17, 15) is 4.79 Å². The van der Waals surface area contributed by atoms with Crippen LogP contribution in [0.15, 0.2) is 57.5 Å². The predicted octanol–water partition coefficient (Wildman–Crippen LogP) is 4.92. The highest BCUT2D eigenvalue weighted by Crippen LogP contribution is 2.21. The Kier molecular flexibility index (Phi) is 6.00.